The summed E-state index contributed by atoms with van der Waals surface area (Å²) < 4.78 is 47.5. The fraction of sp³-hybridized carbons (Fsp3) is 0.381. The Kier molecular flexibility index (Phi) is 9.59. The minimum absolute atomic E-state index is 0.0495. The van der Waals surface area contributed by atoms with Gasteiger partial charge in [0.15, 0.2) is 25.5 Å². The van der Waals surface area contributed by atoms with Crippen LogP contribution in [0.4, 0.5) is 8.78 Å². The first kappa shape index (κ1) is 25.0. The summed E-state index contributed by atoms with van der Waals surface area (Å²) in [4.78, 5) is 10.8. The molecule has 3 N–H and O–H groups in total. The molecule has 0 spiro atoms. The van der Waals surface area contributed by atoms with Crippen LogP contribution in [0.2, 0.25) is 0 Å². The molecule has 0 bridgehead atoms. The fourth-order valence-corrected chi connectivity index (χ4v) is 2.46. The van der Waals surface area contributed by atoms with Gasteiger partial charge in [0.1, 0.15) is 6.79 Å². The molecule has 31 heavy (non-hydrogen) atoms. The molecular weight excluding hydrogens is 418 g/mol. The van der Waals surface area contributed by atoms with Gasteiger partial charge in [0.25, 0.3) is 5.79 Å². The molecule has 170 valence electrons. The summed E-state index contributed by atoms with van der Waals surface area (Å²) in [6, 6.07) is 17.5. The van der Waals surface area contributed by atoms with Gasteiger partial charge in [0.05, 0.1) is 13.2 Å². The van der Waals surface area contributed by atoms with Gasteiger partial charge in [0, 0.05) is 0 Å². The summed E-state index contributed by atoms with van der Waals surface area (Å²) in [6.45, 7) is -1.47. The highest BCUT2D eigenvalue weighted by Gasteiger charge is 2.61. The van der Waals surface area contributed by atoms with Crippen LogP contribution >= 0.6 is 0 Å². The number of carbonyl (C=O) groups excluding carboxylic acids is 1. The fourth-order valence-electron chi connectivity index (χ4n) is 2.46. The maximum absolute atomic E-state index is 14.0. The third kappa shape index (κ3) is 7.11. The second-order valence-corrected chi connectivity index (χ2v) is 6.49. The number of ether oxygens (including phenoxy) is 4. The molecule has 0 saturated heterocycles. The van der Waals surface area contributed by atoms with Gasteiger partial charge in [-0.15, -0.1) is 0 Å². The number of aliphatic hydroxyl groups excluding tert-OH is 2. The van der Waals surface area contributed by atoms with E-state index in [0.717, 1.165) is 5.56 Å². The molecular formula is C21H24F2O8. The Hall–Kier alpha value is -2.31. The number of hydrogen-bond acceptors (Lipinski definition) is 8. The smallest absolute Gasteiger partial charge is 0.357 e. The van der Waals surface area contributed by atoms with E-state index in [1.165, 1.54) is 0 Å². The lowest BCUT2D eigenvalue weighted by Gasteiger charge is -2.37. The number of hydrogen-bond donors (Lipinski definition) is 3. The minimum atomic E-state index is -4.59. The number of rotatable bonds is 14. The zero-order chi connectivity index (χ0) is 22.7. The number of alkyl halides is 2. The van der Waals surface area contributed by atoms with Gasteiger partial charge < -0.3 is 34.3 Å². The highest BCUT2D eigenvalue weighted by molar-refractivity contribution is 5.62. The quantitative estimate of drug-likeness (QED) is 0.230. The molecule has 0 aromatic heterocycles. The van der Waals surface area contributed by atoms with Crippen LogP contribution in [-0.4, -0.2) is 59.3 Å². The van der Waals surface area contributed by atoms with Crippen LogP contribution in [0.1, 0.15) is 11.1 Å². The van der Waals surface area contributed by atoms with Crippen LogP contribution in [-0.2, 0) is 37.0 Å². The topological polar surface area (TPSA) is 115 Å². The average molecular weight is 442 g/mol. The maximum Gasteiger partial charge on any atom is 0.357 e. The maximum atomic E-state index is 14.0. The van der Waals surface area contributed by atoms with Crippen molar-refractivity contribution in [3.8, 4) is 0 Å². The van der Waals surface area contributed by atoms with Crippen molar-refractivity contribution in [2.24, 2.45) is 0 Å². The average Bonchev–Trinajstić information content (AvgIpc) is 2.80. The van der Waals surface area contributed by atoms with Gasteiger partial charge >= 0.3 is 5.92 Å². The van der Waals surface area contributed by atoms with Gasteiger partial charge in [-0.25, -0.2) is 0 Å². The summed E-state index contributed by atoms with van der Waals surface area (Å²) in [6.07, 6.45) is -6.00. The Morgan fingerprint density at radius 1 is 0.871 bits per heavy atom. The van der Waals surface area contributed by atoms with Crippen molar-refractivity contribution in [3.05, 3.63) is 71.8 Å². The summed E-state index contributed by atoms with van der Waals surface area (Å²) >= 11 is 0. The van der Waals surface area contributed by atoms with E-state index in [1.807, 2.05) is 0 Å². The number of aliphatic hydroxyl groups is 3. The second-order valence-electron chi connectivity index (χ2n) is 6.49. The van der Waals surface area contributed by atoms with E-state index in [0.29, 0.717) is 5.56 Å². The third-order valence-electron chi connectivity index (χ3n) is 4.20. The molecule has 1 unspecified atom stereocenters. The van der Waals surface area contributed by atoms with E-state index in [1.54, 1.807) is 60.7 Å². The summed E-state index contributed by atoms with van der Waals surface area (Å²) in [5, 5.41) is 30.1. The lowest BCUT2D eigenvalue weighted by molar-refractivity contribution is -0.384. The Morgan fingerprint density at radius 2 is 1.35 bits per heavy atom. The molecule has 0 aliphatic carbocycles. The van der Waals surface area contributed by atoms with Gasteiger partial charge in [-0.3, -0.25) is 4.79 Å². The van der Waals surface area contributed by atoms with Crippen molar-refractivity contribution in [3.63, 3.8) is 0 Å². The standard InChI is InChI=1S/C21H24F2O8/c22-20(23,13-24)21(27,31-15-29-12-17-9-5-2-6-10-17)18(25)19(26)30-14-28-11-16-7-3-1-4-8-16/h1-10,13,18-19,25-27H,11-12,14-15H2/t18-,19?,21-/m1/s1. The number of benzene rings is 2. The summed E-state index contributed by atoms with van der Waals surface area (Å²) in [7, 11) is 0. The normalized spacial score (nSPS) is 15.8. The van der Waals surface area contributed by atoms with E-state index >= 15 is 0 Å². The van der Waals surface area contributed by atoms with Crippen molar-refractivity contribution in [1.29, 1.82) is 0 Å². The van der Waals surface area contributed by atoms with Crippen LogP contribution in [0.3, 0.4) is 0 Å². The van der Waals surface area contributed by atoms with Crippen molar-refractivity contribution in [2.75, 3.05) is 13.6 Å². The lowest BCUT2D eigenvalue weighted by Crippen LogP contribution is -2.63. The first-order chi connectivity index (χ1) is 14.8. The SMILES string of the molecule is O=CC(F)(F)[C@](O)(OCOCc1ccccc1)[C@H](O)C(O)OCOCc1ccccc1. The van der Waals surface area contributed by atoms with Gasteiger partial charge in [-0.2, -0.15) is 8.78 Å². The largest absolute Gasteiger partial charge is 0.382 e. The first-order valence-electron chi connectivity index (χ1n) is 9.21. The van der Waals surface area contributed by atoms with Crippen molar-refractivity contribution >= 4 is 6.29 Å². The Bertz CT molecular complexity index is 777. The molecule has 0 aliphatic rings. The molecule has 0 amide bonds. The molecule has 0 heterocycles. The van der Waals surface area contributed by atoms with Gasteiger partial charge in [-0.05, 0) is 11.1 Å². The summed E-state index contributed by atoms with van der Waals surface area (Å²) in [5.41, 5.74) is 1.47. The van der Waals surface area contributed by atoms with Gasteiger partial charge in [-0.1, -0.05) is 60.7 Å². The molecule has 2 aromatic rings. The molecule has 10 heteroatoms. The van der Waals surface area contributed by atoms with Gasteiger partial charge in [0.2, 0.25) is 0 Å². The molecule has 0 fully saturated rings. The van der Waals surface area contributed by atoms with E-state index in [9.17, 15) is 28.9 Å². The number of halogens is 2. The molecule has 0 saturated carbocycles. The minimum Gasteiger partial charge on any atom is -0.382 e. The highest BCUT2D eigenvalue weighted by atomic mass is 19.3. The van der Waals surface area contributed by atoms with E-state index in [4.69, 9.17) is 14.2 Å². The lowest BCUT2D eigenvalue weighted by atomic mass is 10.0. The Morgan fingerprint density at radius 3 is 1.84 bits per heavy atom. The predicted octanol–water partition coefficient (Wildman–Crippen LogP) is 1.57. The first-order valence-corrected chi connectivity index (χ1v) is 9.21. The monoisotopic (exact) mass is 442 g/mol. The Labute approximate surface area is 177 Å². The van der Waals surface area contributed by atoms with Crippen molar-refractivity contribution in [2.45, 2.75) is 37.3 Å². The van der Waals surface area contributed by atoms with E-state index in [2.05, 4.69) is 4.74 Å². The highest BCUT2D eigenvalue weighted by Crippen LogP contribution is 2.33. The summed E-state index contributed by atoms with van der Waals surface area (Å²) in [5.74, 6) is -8.40. The third-order valence-corrected chi connectivity index (χ3v) is 4.20. The van der Waals surface area contributed by atoms with Crippen LogP contribution in [0, 0.1) is 0 Å². The molecule has 2 aromatic carbocycles. The van der Waals surface area contributed by atoms with E-state index in [-0.39, 0.29) is 13.2 Å². The van der Waals surface area contributed by atoms with E-state index < -0.39 is 44.0 Å². The molecule has 0 radical (unpaired) electrons. The number of carbonyl (C=O) groups is 1. The van der Waals surface area contributed by atoms with Crippen molar-refractivity contribution < 1.29 is 47.8 Å². The predicted molar refractivity (Wildman–Crippen MR) is 102 cm³/mol. The zero-order valence-corrected chi connectivity index (χ0v) is 16.5. The Balaban J connectivity index is 1.89. The molecule has 8 nitrogen and oxygen atoms in total. The van der Waals surface area contributed by atoms with Crippen LogP contribution in [0.5, 0.6) is 0 Å². The molecule has 3 atom stereocenters. The second kappa shape index (κ2) is 11.9. The molecule has 2 rings (SSSR count). The molecule has 0 aliphatic heterocycles. The zero-order valence-electron chi connectivity index (χ0n) is 16.5. The van der Waals surface area contributed by atoms with Crippen LogP contribution in [0.15, 0.2) is 60.7 Å². The van der Waals surface area contributed by atoms with Crippen LogP contribution in [0.25, 0.3) is 0 Å². The number of aldehydes is 1. The van der Waals surface area contributed by atoms with Crippen molar-refractivity contribution in [1.82, 2.24) is 0 Å². The van der Waals surface area contributed by atoms with Crippen LogP contribution < -0.4 is 0 Å².